The molecule has 0 bridgehead atoms. The summed E-state index contributed by atoms with van der Waals surface area (Å²) >= 11 is 12.5. The first-order valence-corrected chi connectivity index (χ1v) is 11.7. The fourth-order valence-corrected chi connectivity index (χ4v) is 4.16. The van der Waals surface area contributed by atoms with Crippen molar-refractivity contribution in [1.29, 1.82) is 0 Å². The summed E-state index contributed by atoms with van der Waals surface area (Å²) in [5.41, 5.74) is 8.29. The molecule has 7 nitrogen and oxygen atoms in total. The minimum Gasteiger partial charge on any atom is -0.347 e. The Labute approximate surface area is 212 Å². The fourth-order valence-electron chi connectivity index (χ4n) is 3.77. The van der Waals surface area contributed by atoms with Crippen LogP contribution in [0.25, 0.3) is 5.69 Å². The van der Waals surface area contributed by atoms with Crippen LogP contribution in [-0.2, 0) is 17.8 Å². The summed E-state index contributed by atoms with van der Waals surface area (Å²) in [7, 11) is 0. The van der Waals surface area contributed by atoms with Gasteiger partial charge >= 0.3 is 0 Å². The third kappa shape index (κ3) is 5.59. The lowest BCUT2D eigenvalue weighted by molar-refractivity contribution is -0.122. The van der Waals surface area contributed by atoms with E-state index in [1.54, 1.807) is 54.0 Å². The standard InChI is InChI=1S/C26H23Cl2N5O2/c1-16-31-32-24(15-30-26(35)22(29)13-17-7-3-2-4-8-17)33(16)23-12-11-18(27)14-20(23)25(34)19-9-5-6-10-21(19)28/h2-12,14,22H,13,15,29H2,1H3,(H,30,35). The van der Waals surface area contributed by atoms with Gasteiger partial charge in [-0.25, -0.2) is 0 Å². The van der Waals surface area contributed by atoms with Crippen LogP contribution in [0.4, 0.5) is 0 Å². The Balaban J connectivity index is 1.60. The van der Waals surface area contributed by atoms with E-state index in [4.69, 9.17) is 28.9 Å². The minimum atomic E-state index is -0.720. The molecule has 1 atom stereocenters. The Hall–Kier alpha value is -3.52. The molecule has 3 N–H and O–H groups in total. The van der Waals surface area contributed by atoms with Crippen LogP contribution in [0.5, 0.6) is 0 Å². The second-order valence-electron chi connectivity index (χ2n) is 7.98. The highest BCUT2D eigenvalue weighted by molar-refractivity contribution is 6.35. The number of amides is 1. The Morgan fingerprint density at radius 1 is 0.971 bits per heavy atom. The predicted molar refractivity (Wildman–Crippen MR) is 136 cm³/mol. The summed E-state index contributed by atoms with van der Waals surface area (Å²) < 4.78 is 1.71. The fraction of sp³-hybridized carbons (Fsp3) is 0.154. The minimum absolute atomic E-state index is 0.0739. The molecule has 4 aromatic rings. The molecule has 1 heterocycles. The zero-order chi connectivity index (χ0) is 24.9. The Morgan fingerprint density at radius 3 is 2.43 bits per heavy atom. The maximum absolute atomic E-state index is 13.4. The predicted octanol–water partition coefficient (Wildman–Crippen LogP) is 4.30. The molecule has 0 aliphatic rings. The number of nitrogens with one attached hydrogen (secondary N) is 1. The molecule has 0 radical (unpaired) electrons. The molecular weight excluding hydrogens is 485 g/mol. The number of hydrogen-bond acceptors (Lipinski definition) is 5. The van der Waals surface area contributed by atoms with E-state index in [9.17, 15) is 9.59 Å². The molecule has 0 saturated heterocycles. The highest BCUT2D eigenvalue weighted by Gasteiger charge is 2.22. The van der Waals surface area contributed by atoms with Gasteiger partial charge in [0.1, 0.15) is 5.82 Å². The van der Waals surface area contributed by atoms with E-state index < -0.39 is 6.04 Å². The van der Waals surface area contributed by atoms with E-state index in [-0.39, 0.29) is 18.2 Å². The summed E-state index contributed by atoms with van der Waals surface area (Å²) in [5, 5.41) is 11.9. The highest BCUT2D eigenvalue weighted by Crippen LogP contribution is 2.27. The van der Waals surface area contributed by atoms with Crippen LogP contribution < -0.4 is 11.1 Å². The third-order valence-electron chi connectivity index (χ3n) is 5.51. The van der Waals surface area contributed by atoms with E-state index in [2.05, 4.69) is 15.5 Å². The van der Waals surface area contributed by atoms with E-state index in [0.29, 0.717) is 44.9 Å². The number of hydrogen-bond donors (Lipinski definition) is 2. The van der Waals surface area contributed by atoms with Gasteiger partial charge < -0.3 is 11.1 Å². The van der Waals surface area contributed by atoms with Gasteiger partial charge in [-0.2, -0.15) is 0 Å². The number of benzene rings is 3. The lowest BCUT2D eigenvalue weighted by Crippen LogP contribution is -2.42. The molecule has 4 rings (SSSR count). The van der Waals surface area contributed by atoms with Crippen molar-refractivity contribution < 1.29 is 9.59 Å². The zero-order valence-corrected chi connectivity index (χ0v) is 20.4. The number of carbonyl (C=O) groups is 2. The topological polar surface area (TPSA) is 103 Å². The van der Waals surface area contributed by atoms with Crippen LogP contribution in [0.3, 0.4) is 0 Å². The van der Waals surface area contributed by atoms with Crippen molar-refractivity contribution in [3.8, 4) is 5.69 Å². The maximum Gasteiger partial charge on any atom is 0.237 e. The number of halogens is 2. The molecule has 1 unspecified atom stereocenters. The molecule has 3 aromatic carbocycles. The Kier molecular flexibility index (Phi) is 7.60. The molecule has 0 saturated carbocycles. The molecular formula is C26H23Cl2N5O2. The van der Waals surface area contributed by atoms with Crippen LogP contribution in [0.15, 0.2) is 72.8 Å². The second-order valence-corrected chi connectivity index (χ2v) is 8.83. The summed E-state index contributed by atoms with van der Waals surface area (Å²) in [5.74, 6) is 0.377. The molecule has 1 amide bonds. The Morgan fingerprint density at radius 2 is 1.69 bits per heavy atom. The molecule has 35 heavy (non-hydrogen) atoms. The summed E-state index contributed by atoms with van der Waals surface area (Å²) in [6.45, 7) is 1.84. The molecule has 0 aliphatic heterocycles. The number of ketones is 1. The number of nitrogens with zero attached hydrogens (tertiary/aromatic N) is 3. The van der Waals surface area contributed by atoms with Crippen LogP contribution >= 0.6 is 23.2 Å². The SMILES string of the molecule is Cc1nnc(CNC(=O)C(N)Cc2ccccc2)n1-c1ccc(Cl)cc1C(=O)c1ccccc1Cl. The first-order valence-electron chi connectivity index (χ1n) is 10.9. The number of nitrogens with two attached hydrogens (primary N) is 1. The van der Waals surface area contributed by atoms with Crippen molar-refractivity contribution in [3.05, 3.63) is 111 Å². The average Bonchev–Trinajstić information content (AvgIpc) is 3.23. The molecule has 0 aliphatic carbocycles. The smallest absolute Gasteiger partial charge is 0.237 e. The number of rotatable bonds is 8. The van der Waals surface area contributed by atoms with Gasteiger partial charge in [0.05, 0.1) is 23.3 Å². The normalized spacial score (nSPS) is 11.8. The van der Waals surface area contributed by atoms with Gasteiger partial charge in [-0.3, -0.25) is 14.2 Å². The van der Waals surface area contributed by atoms with Gasteiger partial charge in [0.25, 0.3) is 0 Å². The van der Waals surface area contributed by atoms with Gasteiger partial charge in [-0.15, -0.1) is 10.2 Å². The van der Waals surface area contributed by atoms with Gasteiger partial charge in [0.2, 0.25) is 5.91 Å². The third-order valence-corrected chi connectivity index (χ3v) is 6.08. The first-order chi connectivity index (χ1) is 16.8. The van der Waals surface area contributed by atoms with Gasteiger partial charge in [0.15, 0.2) is 11.6 Å². The van der Waals surface area contributed by atoms with Gasteiger partial charge in [-0.1, -0.05) is 65.7 Å². The molecule has 0 spiro atoms. The quantitative estimate of drug-likeness (QED) is 0.346. The van der Waals surface area contributed by atoms with Gasteiger partial charge in [-0.05, 0) is 49.2 Å². The highest BCUT2D eigenvalue weighted by atomic mass is 35.5. The average molecular weight is 508 g/mol. The lowest BCUT2D eigenvalue weighted by atomic mass is 10.0. The maximum atomic E-state index is 13.4. The van der Waals surface area contributed by atoms with Crippen molar-refractivity contribution in [2.75, 3.05) is 0 Å². The number of aromatic nitrogens is 3. The van der Waals surface area contributed by atoms with E-state index in [0.717, 1.165) is 5.56 Å². The molecule has 9 heteroatoms. The number of aryl methyl sites for hydroxylation is 1. The largest absolute Gasteiger partial charge is 0.347 e. The molecule has 1 aromatic heterocycles. The van der Waals surface area contributed by atoms with Crippen LogP contribution in [0.1, 0.15) is 33.1 Å². The van der Waals surface area contributed by atoms with Crippen molar-refractivity contribution in [2.24, 2.45) is 5.73 Å². The van der Waals surface area contributed by atoms with E-state index in [1.807, 2.05) is 30.3 Å². The molecule has 0 fully saturated rings. The van der Waals surface area contributed by atoms with Crippen LogP contribution in [-0.4, -0.2) is 32.5 Å². The van der Waals surface area contributed by atoms with Crippen LogP contribution in [0, 0.1) is 6.92 Å². The van der Waals surface area contributed by atoms with Crippen molar-refractivity contribution in [2.45, 2.75) is 25.9 Å². The van der Waals surface area contributed by atoms with Crippen molar-refractivity contribution >= 4 is 34.9 Å². The monoisotopic (exact) mass is 507 g/mol. The number of carbonyl (C=O) groups excluding carboxylic acids is 2. The first kappa shape index (κ1) is 24.6. The van der Waals surface area contributed by atoms with E-state index in [1.165, 1.54) is 0 Å². The van der Waals surface area contributed by atoms with Crippen molar-refractivity contribution in [3.63, 3.8) is 0 Å². The summed E-state index contributed by atoms with van der Waals surface area (Å²) in [4.78, 5) is 26.0. The Bertz CT molecular complexity index is 1370. The lowest BCUT2D eigenvalue weighted by Gasteiger charge is -2.16. The van der Waals surface area contributed by atoms with Crippen molar-refractivity contribution in [1.82, 2.24) is 20.1 Å². The molecule has 178 valence electrons. The second kappa shape index (κ2) is 10.8. The summed E-state index contributed by atoms with van der Waals surface area (Å²) in [6, 6.07) is 20.6. The summed E-state index contributed by atoms with van der Waals surface area (Å²) in [6.07, 6.45) is 0.409. The van der Waals surface area contributed by atoms with Crippen LogP contribution in [0.2, 0.25) is 10.0 Å². The zero-order valence-electron chi connectivity index (χ0n) is 18.9. The van der Waals surface area contributed by atoms with Gasteiger partial charge in [0, 0.05) is 16.1 Å². The van der Waals surface area contributed by atoms with E-state index >= 15 is 0 Å².